The summed E-state index contributed by atoms with van der Waals surface area (Å²) in [5, 5.41) is 13.6. The summed E-state index contributed by atoms with van der Waals surface area (Å²) in [4.78, 5) is 4.57. The fraction of sp³-hybridized carbons (Fsp3) is 0.318. The predicted molar refractivity (Wildman–Crippen MR) is 108 cm³/mol. The molecule has 0 amide bonds. The third-order valence-electron chi connectivity index (χ3n) is 4.52. The summed E-state index contributed by atoms with van der Waals surface area (Å²) in [6, 6.07) is 13.8. The number of ether oxygens (including phenoxy) is 1. The van der Waals surface area contributed by atoms with Crippen LogP contribution in [0.15, 0.2) is 40.9 Å². The van der Waals surface area contributed by atoms with Gasteiger partial charge in [0, 0.05) is 11.1 Å². The average molecular weight is 376 g/mol. The number of nitrogens with zero attached hydrogens (tertiary/aromatic N) is 3. The Morgan fingerprint density at radius 2 is 2.00 bits per heavy atom. The van der Waals surface area contributed by atoms with Crippen molar-refractivity contribution in [3.05, 3.63) is 53.1 Å². The third kappa shape index (κ3) is 3.90. The predicted octanol–water partition coefficient (Wildman–Crippen LogP) is 4.13. The first-order valence-electron chi connectivity index (χ1n) is 9.39. The molecule has 0 aliphatic heterocycles. The molecule has 1 aliphatic rings. The molecule has 28 heavy (non-hydrogen) atoms. The van der Waals surface area contributed by atoms with Gasteiger partial charge in [-0.25, -0.2) is 0 Å². The average Bonchev–Trinajstić information content (AvgIpc) is 3.39. The van der Waals surface area contributed by atoms with Gasteiger partial charge in [0.25, 0.3) is 5.89 Å². The first-order valence-corrected chi connectivity index (χ1v) is 9.39. The molecule has 3 aromatic rings. The van der Waals surface area contributed by atoms with E-state index < -0.39 is 0 Å². The van der Waals surface area contributed by atoms with Crippen LogP contribution in [0.5, 0.6) is 5.75 Å². The molecule has 2 N–H and O–H groups in total. The molecule has 1 aromatic heterocycles. The Labute approximate surface area is 164 Å². The van der Waals surface area contributed by atoms with Crippen LogP contribution in [0.3, 0.4) is 0 Å². The minimum absolute atomic E-state index is 0.00290. The second-order valence-corrected chi connectivity index (χ2v) is 6.71. The van der Waals surface area contributed by atoms with Crippen LogP contribution in [-0.4, -0.2) is 23.3 Å². The number of fused-ring (bicyclic) bond motifs is 1. The molecule has 0 saturated carbocycles. The van der Waals surface area contributed by atoms with Crippen LogP contribution in [0.4, 0.5) is 0 Å². The fourth-order valence-electron chi connectivity index (χ4n) is 3.39. The van der Waals surface area contributed by atoms with Crippen molar-refractivity contribution in [3.63, 3.8) is 0 Å². The number of aromatic nitrogens is 2. The molecule has 6 heteroatoms. The molecule has 1 aliphatic carbocycles. The van der Waals surface area contributed by atoms with Gasteiger partial charge in [-0.15, -0.1) is 0 Å². The number of nitrogens with two attached hydrogens (primary N) is 1. The van der Waals surface area contributed by atoms with Crippen LogP contribution in [0, 0.1) is 11.3 Å². The number of nitriles is 1. The van der Waals surface area contributed by atoms with Crippen molar-refractivity contribution in [2.24, 2.45) is 5.73 Å². The van der Waals surface area contributed by atoms with Gasteiger partial charge in [0.1, 0.15) is 11.8 Å². The van der Waals surface area contributed by atoms with Crippen molar-refractivity contribution in [2.75, 3.05) is 7.05 Å². The fourth-order valence-corrected chi connectivity index (χ4v) is 3.39. The maximum absolute atomic E-state index is 9.40. The van der Waals surface area contributed by atoms with E-state index in [1.807, 2.05) is 32.0 Å². The lowest BCUT2D eigenvalue weighted by Crippen LogP contribution is -2.06. The molecule has 0 bridgehead atoms. The topological polar surface area (TPSA) is 98.0 Å². The first kappa shape index (κ1) is 19.6. The van der Waals surface area contributed by atoms with Gasteiger partial charge in [-0.2, -0.15) is 10.2 Å². The third-order valence-corrected chi connectivity index (χ3v) is 4.52. The summed E-state index contributed by atoms with van der Waals surface area (Å²) < 4.78 is 11.1. The maximum Gasteiger partial charge on any atom is 0.258 e. The van der Waals surface area contributed by atoms with Crippen LogP contribution in [0.25, 0.3) is 22.8 Å². The summed E-state index contributed by atoms with van der Waals surface area (Å²) in [6.45, 7) is 3.86. The number of rotatable bonds is 4. The van der Waals surface area contributed by atoms with Crippen molar-refractivity contribution in [1.82, 2.24) is 10.1 Å². The van der Waals surface area contributed by atoms with Crippen molar-refractivity contribution in [1.29, 1.82) is 5.26 Å². The van der Waals surface area contributed by atoms with E-state index >= 15 is 0 Å². The summed E-state index contributed by atoms with van der Waals surface area (Å²) in [5.74, 6) is 1.56. The van der Waals surface area contributed by atoms with E-state index in [0.29, 0.717) is 28.6 Å². The van der Waals surface area contributed by atoms with Crippen molar-refractivity contribution in [3.8, 4) is 34.7 Å². The minimum Gasteiger partial charge on any atom is -0.490 e. The van der Waals surface area contributed by atoms with Crippen LogP contribution in [-0.2, 0) is 12.8 Å². The Kier molecular flexibility index (Phi) is 6.07. The van der Waals surface area contributed by atoms with E-state index in [2.05, 4.69) is 28.0 Å². The Balaban J connectivity index is 0.00000109. The zero-order chi connectivity index (χ0) is 20.1. The Morgan fingerprint density at radius 1 is 1.18 bits per heavy atom. The lowest BCUT2D eigenvalue weighted by molar-refractivity contribution is 0.242. The van der Waals surface area contributed by atoms with Crippen LogP contribution >= 0.6 is 0 Å². The normalized spacial score (nSPS) is 12.1. The Morgan fingerprint density at radius 3 is 2.75 bits per heavy atom. The molecule has 0 unspecified atom stereocenters. The molecule has 0 saturated heterocycles. The number of hydrogen-bond acceptors (Lipinski definition) is 6. The first-order chi connectivity index (χ1) is 13.7. The molecule has 6 nitrogen and oxygen atoms in total. The van der Waals surface area contributed by atoms with Gasteiger partial charge in [-0.1, -0.05) is 23.4 Å². The molecule has 1 heterocycles. The van der Waals surface area contributed by atoms with E-state index in [1.54, 1.807) is 12.1 Å². The summed E-state index contributed by atoms with van der Waals surface area (Å²) in [7, 11) is 1.50. The molecule has 0 fully saturated rings. The molecule has 0 radical (unpaired) electrons. The molecule has 2 aromatic carbocycles. The standard InChI is InChI=1S/C21H19N3O2.CH5N/c1-13(2)25-19-10-9-15(11-16(19)12-22)21-23-20(24-26-21)18-8-4-6-14-5-3-7-17(14)18;1-2/h4,6,8-11,13H,3,5,7H2,1-2H3;2H2,1H3. The van der Waals surface area contributed by atoms with Crippen LogP contribution in [0.2, 0.25) is 0 Å². The van der Waals surface area contributed by atoms with Crippen molar-refractivity contribution >= 4 is 0 Å². The van der Waals surface area contributed by atoms with Gasteiger partial charge in [-0.05, 0) is 69.5 Å². The highest BCUT2D eigenvalue weighted by Gasteiger charge is 2.19. The molecule has 144 valence electrons. The van der Waals surface area contributed by atoms with E-state index in [1.165, 1.54) is 24.6 Å². The second-order valence-electron chi connectivity index (χ2n) is 6.71. The number of hydrogen-bond donors (Lipinski definition) is 1. The summed E-state index contributed by atoms with van der Waals surface area (Å²) >= 11 is 0. The van der Waals surface area contributed by atoms with E-state index in [9.17, 15) is 5.26 Å². The number of benzene rings is 2. The number of aryl methyl sites for hydroxylation is 1. The van der Waals surface area contributed by atoms with Crippen LogP contribution < -0.4 is 10.5 Å². The van der Waals surface area contributed by atoms with Gasteiger partial charge in [0.05, 0.1) is 11.7 Å². The van der Waals surface area contributed by atoms with Gasteiger partial charge >= 0.3 is 0 Å². The van der Waals surface area contributed by atoms with Gasteiger partial charge in [0.2, 0.25) is 5.82 Å². The minimum atomic E-state index is 0.00290. The SMILES string of the molecule is CC(C)Oc1ccc(-c2nc(-c3cccc4c3CCC4)no2)cc1C#N.CN. The smallest absolute Gasteiger partial charge is 0.258 e. The highest BCUT2D eigenvalue weighted by molar-refractivity contribution is 5.66. The Bertz CT molecular complexity index is 1000. The second kappa shape index (κ2) is 8.68. The highest BCUT2D eigenvalue weighted by atomic mass is 16.5. The molecule has 4 rings (SSSR count). The quantitative estimate of drug-likeness (QED) is 0.735. The molecule has 0 spiro atoms. The lowest BCUT2D eigenvalue weighted by atomic mass is 10.0. The Hall–Kier alpha value is -3.17. The molecular weight excluding hydrogens is 352 g/mol. The van der Waals surface area contributed by atoms with E-state index in [0.717, 1.165) is 18.4 Å². The van der Waals surface area contributed by atoms with E-state index in [-0.39, 0.29) is 6.10 Å². The monoisotopic (exact) mass is 376 g/mol. The molecule has 0 atom stereocenters. The van der Waals surface area contributed by atoms with Crippen molar-refractivity contribution in [2.45, 2.75) is 39.2 Å². The van der Waals surface area contributed by atoms with Crippen LogP contribution in [0.1, 0.15) is 37.0 Å². The summed E-state index contributed by atoms with van der Waals surface area (Å²) in [6.07, 6.45) is 3.33. The van der Waals surface area contributed by atoms with Crippen molar-refractivity contribution < 1.29 is 9.26 Å². The van der Waals surface area contributed by atoms with Gasteiger partial charge in [-0.3, -0.25) is 0 Å². The molecular formula is C22H24N4O2. The zero-order valence-electron chi connectivity index (χ0n) is 16.4. The van der Waals surface area contributed by atoms with Gasteiger partial charge < -0.3 is 15.0 Å². The zero-order valence-corrected chi connectivity index (χ0v) is 16.4. The van der Waals surface area contributed by atoms with E-state index in [4.69, 9.17) is 9.26 Å². The van der Waals surface area contributed by atoms with Gasteiger partial charge in [0.15, 0.2) is 0 Å². The largest absolute Gasteiger partial charge is 0.490 e. The summed E-state index contributed by atoms with van der Waals surface area (Å²) in [5.41, 5.74) is 9.39. The highest BCUT2D eigenvalue weighted by Crippen LogP contribution is 2.32. The lowest BCUT2D eigenvalue weighted by Gasteiger charge is -2.11. The maximum atomic E-state index is 9.40.